The number of halogens is 1. The van der Waals surface area contributed by atoms with Crippen LogP contribution in [-0.2, 0) is 0 Å². The molecule has 2 heterocycles. The predicted octanol–water partition coefficient (Wildman–Crippen LogP) is 1.62. The number of phenols is 1. The maximum atomic E-state index is 13.1. The summed E-state index contributed by atoms with van der Waals surface area (Å²) in [7, 11) is 0. The Hall–Kier alpha value is -2.74. The van der Waals surface area contributed by atoms with E-state index in [0.717, 1.165) is 25.7 Å². The van der Waals surface area contributed by atoms with Crippen LogP contribution in [0.4, 0.5) is 10.1 Å². The normalized spacial score (nSPS) is 15.7. The monoisotopic (exact) mass is 360 g/mol. The minimum Gasteiger partial charge on any atom is -0.507 e. The van der Waals surface area contributed by atoms with Crippen LogP contribution in [0.15, 0.2) is 35.3 Å². The fraction of sp³-hybridized carbons (Fsp3) is 0.389. The van der Waals surface area contributed by atoms with Gasteiger partial charge in [0.1, 0.15) is 11.6 Å². The number of ketones is 1. The smallest absolute Gasteiger partial charge is 0.266 e. The third-order valence-corrected chi connectivity index (χ3v) is 4.61. The molecule has 0 radical (unpaired) electrons. The number of H-pyrrole nitrogens is 1. The van der Waals surface area contributed by atoms with E-state index in [1.165, 1.54) is 18.2 Å². The highest BCUT2D eigenvalue weighted by atomic mass is 19.1. The molecule has 3 N–H and O–H groups in total. The zero-order chi connectivity index (χ0) is 18.5. The highest BCUT2D eigenvalue weighted by Crippen LogP contribution is 2.26. The summed E-state index contributed by atoms with van der Waals surface area (Å²) in [4.78, 5) is 25.9. The Balaban J connectivity index is 1.46. The molecule has 0 unspecified atom stereocenters. The number of likely N-dealkylation sites (tertiary alicyclic amines) is 1. The molecule has 3 rings (SSSR count). The lowest BCUT2D eigenvalue weighted by atomic mass is 9.88. The van der Waals surface area contributed by atoms with Gasteiger partial charge in [-0.15, -0.1) is 0 Å². The molecule has 1 aromatic heterocycles. The summed E-state index contributed by atoms with van der Waals surface area (Å²) in [5.41, 5.74) is 0.609. The van der Waals surface area contributed by atoms with Gasteiger partial charge in [0.2, 0.25) is 0 Å². The van der Waals surface area contributed by atoms with Gasteiger partial charge in [0.25, 0.3) is 5.56 Å². The molecule has 1 saturated heterocycles. The molecule has 1 aromatic carbocycles. The van der Waals surface area contributed by atoms with Crippen LogP contribution in [0.2, 0.25) is 0 Å². The van der Waals surface area contributed by atoms with E-state index in [9.17, 15) is 19.1 Å². The molecule has 138 valence electrons. The van der Waals surface area contributed by atoms with E-state index >= 15 is 0 Å². The van der Waals surface area contributed by atoms with Gasteiger partial charge in [0, 0.05) is 31.1 Å². The Morgan fingerprint density at radius 2 is 2.12 bits per heavy atom. The van der Waals surface area contributed by atoms with Crippen molar-refractivity contribution >= 4 is 11.5 Å². The third-order valence-electron chi connectivity index (χ3n) is 4.61. The molecule has 0 atom stereocenters. The van der Waals surface area contributed by atoms with Gasteiger partial charge in [-0.3, -0.25) is 9.59 Å². The minimum atomic E-state index is -0.558. The second kappa shape index (κ2) is 8.09. The number of aromatic hydroxyl groups is 1. The van der Waals surface area contributed by atoms with Crippen LogP contribution in [0.1, 0.15) is 23.2 Å². The number of hydrogen-bond donors (Lipinski definition) is 3. The van der Waals surface area contributed by atoms with Crippen LogP contribution < -0.4 is 10.9 Å². The maximum Gasteiger partial charge on any atom is 0.266 e. The maximum absolute atomic E-state index is 13.1. The lowest BCUT2D eigenvalue weighted by Crippen LogP contribution is -2.38. The highest BCUT2D eigenvalue weighted by molar-refractivity contribution is 6.00. The van der Waals surface area contributed by atoms with E-state index in [-0.39, 0.29) is 28.6 Å². The molecular weight excluding hydrogens is 339 g/mol. The van der Waals surface area contributed by atoms with Crippen LogP contribution >= 0.6 is 0 Å². The number of benzene rings is 1. The summed E-state index contributed by atoms with van der Waals surface area (Å²) in [6.07, 6.45) is 2.95. The first-order valence-corrected chi connectivity index (χ1v) is 8.56. The number of aromatic nitrogens is 2. The molecule has 7 nitrogen and oxygen atoms in total. The number of aromatic amines is 1. The second-order valence-electron chi connectivity index (χ2n) is 6.40. The molecule has 0 saturated carbocycles. The highest BCUT2D eigenvalue weighted by Gasteiger charge is 2.27. The molecule has 0 amide bonds. The fourth-order valence-corrected chi connectivity index (χ4v) is 3.18. The number of carbonyl (C=O) groups is 1. The Morgan fingerprint density at radius 1 is 1.35 bits per heavy atom. The number of hydrogen-bond acceptors (Lipinski definition) is 6. The van der Waals surface area contributed by atoms with Crippen molar-refractivity contribution < 1.29 is 14.3 Å². The van der Waals surface area contributed by atoms with Gasteiger partial charge in [0.15, 0.2) is 5.78 Å². The minimum absolute atomic E-state index is 0.130. The standard InChI is InChI=1S/C18H21FN4O3/c19-13-1-2-15(16(24)9-13)18(26)12-3-6-23(7-4-12)8-5-20-14-10-17(25)22-21-11-14/h1-2,9-12,24H,3-8H2,(H2,20,22,25). The van der Waals surface area contributed by atoms with Gasteiger partial charge in [-0.05, 0) is 38.1 Å². The predicted molar refractivity (Wildman–Crippen MR) is 94.9 cm³/mol. The van der Waals surface area contributed by atoms with E-state index in [1.807, 2.05) is 0 Å². The first kappa shape index (κ1) is 18.1. The van der Waals surface area contributed by atoms with E-state index in [0.29, 0.717) is 25.1 Å². The van der Waals surface area contributed by atoms with Crippen molar-refractivity contribution in [1.29, 1.82) is 0 Å². The van der Waals surface area contributed by atoms with Gasteiger partial charge in [-0.25, -0.2) is 9.49 Å². The number of phenolic OH excluding ortho intramolecular Hbond substituents is 1. The fourth-order valence-electron chi connectivity index (χ4n) is 3.18. The summed E-state index contributed by atoms with van der Waals surface area (Å²) in [5, 5.41) is 19.0. The van der Waals surface area contributed by atoms with Crippen molar-refractivity contribution in [3.05, 3.63) is 52.2 Å². The summed E-state index contributed by atoms with van der Waals surface area (Å²) in [5.74, 6) is -1.15. The van der Waals surface area contributed by atoms with Crippen molar-refractivity contribution in [3.8, 4) is 5.75 Å². The second-order valence-corrected chi connectivity index (χ2v) is 6.40. The third kappa shape index (κ3) is 4.45. The van der Waals surface area contributed by atoms with Crippen LogP contribution in [0.3, 0.4) is 0 Å². The lowest BCUT2D eigenvalue weighted by molar-refractivity contribution is 0.0840. The van der Waals surface area contributed by atoms with Gasteiger partial charge in [-0.1, -0.05) is 0 Å². The van der Waals surface area contributed by atoms with Crippen molar-refractivity contribution in [3.63, 3.8) is 0 Å². The summed E-state index contributed by atoms with van der Waals surface area (Å²) in [6, 6.07) is 4.96. The molecular formula is C18H21FN4O3. The molecule has 8 heteroatoms. The van der Waals surface area contributed by atoms with Crippen molar-refractivity contribution in [2.45, 2.75) is 12.8 Å². The largest absolute Gasteiger partial charge is 0.507 e. The number of Topliss-reactive ketones (excluding diaryl/α,β-unsaturated/α-hetero) is 1. The quantitative estimate of drug-likeness (QED) is 0.677. The van der Waals surface area contributed by atoms with Gasteiger partial charge in [0.05, 0.1) is 17.4 Å². The number of anilines is 1. The molecule has 0 bridgehead atoms. The number of rotatable bonds is 6. The molecule has 0 spiro atoms. The van der Waals surface area contributed by atoms with E-state index in [1.54, 1.807) is 6.20 Å². The number of carbonyl (C=O) groups excluding carboxylic acids is 1. The number of nitrogens with zero attached hydrogens (tertiary/aromatic N) is 2. The van der Waals surface area contributed by atoms with Crippen LogP contribution in [0, 0.1) is 11.7 Å². The zero-order valence-corrected chi connectivity index (χ0v) is 14.2. The van der Waals surface area contributed by atoms with Gasteiger partial charge >= 0.3 is 0 Å². The van der Waals surface area contributed by atoms with E-state index in [2.05, 4.69) is 20.4 Å². The molecule has 1 aliphatic heterocycles. The number of piperidine rings is 1. The van der Waals surface area contributed by atoms with Gasteiger partial charge in [-0.2, -0.15) is 5.10 Å². The Kier molecular flexibility index (Phi) is 5.62. The Labute approximate surface area is 149 Å². The number of nitrogens with one attached hydrogen (secondary N) is 2. The summed E-state index contributed by atoms with van der Waals surface area (Å²) >= 11 is 0. The average molecular weight is 360 g/mol. The Bertz CT molecular complexity index is 831. The molecule has 2 aromatic rings. The topological polar surface area (TPSA) is 98.3 Å². The van der Waals surface area contributed by atoms with Gasteiger partial charge < -0.3 is 15.3 Å². The summed E-state index contributed by atoms with van der Waals surface area (Å²) < 4.78 is 13.1. The molecule has 1 aliphatic rings. The average Bonchev–Trinajstić information content (AvgIpc) is 2.62. The van der Waals surface area contributed by atoms with Crippen molar-refractivity contribution in [2.24, 2.45) is 5.92 Å². The first-order valence-electron chi connectivity index (χ1n) is 8.56. The SMILES string of the molecule is O=C(c1ccc(F)cc1O)C1CCN(CCNc2cn[nH]c(=O)c2)CC1. The van der Waals surface area contributed by atoms with Crippen LogP contribution in [0.5, 0.6) is 5.75 Å². The molecule has 1 fully saturated rings. The lowest BCUT2D eigenvalue weighted by Gasteiger charge is -2.31. The zero-order valence-electron chi connectivity index (χ0n) is 14.2. The van der Waals surface area contributed by atoms with Crippen LogP contribution in [-0.4, -0.2) is 52.2 Å². The molecule has 0 aliphatic carbocycles. The molecule has 26 heavy (non-hydrogen) atoms. The van der Waals surface area contributed by atoms with Crippen molar-refractivity contribution in [2.75, 3.05) is 31.5 Å². The van der Waals surface area contributed by atoms with Crippen LogP contribution in [0.25, 0.3) is 0 Å². The van der Waals surface area contributed by atoms with Crippen molar-refractivity contribution in [1.82, 2.24) is 15.1 Å². The Morgan fingerprint density at radius 3 is 2.81 bits per heavy atom. The van der Waals surface area contributed by atoms with E-state index in [4.69, 9.17) is 0 Å². The summed E-state index contributed by atoms with van der Waals surface area (Å²) in [6.45, 7) is 3.00. The first-order chi connectivity index (χ1) is 12.5. The van der Waals surface area contributed by atoms with E-state index < -0.39 is 5.82 Å².